The summed E-state index contributed by atoms with van der Waals surface area (Å²) in [7, 11) is -3.78. The molecule has 0 aliphatic rings. The van der Waals surface area contributed by atoms with E-state index in [-0.39, 0.29) is 10.6 Å². The first-order valence-corrected chi connectivity index (χ1v) is 9.21. The lowest BCUT2D eigenvalue weighted by atomic mass is 10.2. The number of nitriles is 1. The van der Waals surface area contributed by atoms with Crippen molar-refractivity contribution >= 4 is 21.4 Å². The summed E-state index contributed by atoms with van der Waals surface area (Å²) in [6.07, 6.45) is 0. The monoisotopic (exact) mass is 382 g/mol. The van der Waals surface area contributed by atoms with Crippen LogP contribution in [0.2, 0.25) is 0 Å². The predicted octanol–water partition coefficient (Wildman–Crippen LogP) is 2.41. The van der Waals surface area contributed by atoms with E-state index in [2.05, 4.69) is 15.3 Å². The fourth-order valence-electron chi connectivity index (χ4n) is 2.33. The Balaban J connectivity index is 1.92. The molecule has 0 aliphatic heterocycles. The average molecular weight is 382 g/mol. The van der Waals surface area contributed by atoms with Crippen molar-refractivity contribution in [3.63, 3.8) is 0 Å². The molecule has 0 amide bonds. The summed E-state index contributed by atoms with van der Waals surface area (Å²) < 4.78 is 23.8. The number of aromatic amines is 1. The van der Waals surface area contributed by atoms with E-state index in [4.69, 9.17) is 10.4 Å². The summed E-state index contributed by atoms with van der Waals surface area (Å²) in [5.74, 6) is 0. The maximum absolute atomic E-state index is 12.6. The number of hydrogen-bond donors (Lipinski definition) is 2. The highest BCUT2D eigenvalue weighted by Gasteiger charge is 2.12. The van der Waals surface area contributed by atoms with Gasteiger partial charge in [0, 0.05) is 0 Å². The lowest BCUT2D eigenvalue weighted by Gasteiger charge is -2.00. The minimum Gasteiger partial charge on any atom is -0.293 e. The molecule has 10 heteroatoms. The standard InChI is InChI=1S/C17H14N6O3S/c1-11-16(21-20-13-4-8-15(9-5-13)27(19,25)26)17(24)23(22-11)14-6-2-12(10-18)3-7-14/h2-9,22H,1H3,(H2,19,25,26). The molecule has 9 nitrogen and oxygen atoms in total. The number of nitrogens with two attached hydrogens (primary N) is 1. The van der Waals surface area contributed by atoms with E-state index in [0.717, 1.165) is 0 Å². The van der Waals surface area contributed by atoms with Gasteiger partial charge in [-0.05, 0) is 55.5 Å². The SMILES string of the molecule is Cc1[nH]n(-c2ccc(C#N)cc2)c(=O)c1N=Nc1ccc(S(N)(=O)=O)cc1. The van der Waals surface area contributed by atoms with Gasteiger partial charge in [0.15, 0.2) is 5.69 Å². The van der Waals surface area contributed by atoms with Gasteiger partial charge in [0.25, 0.3) is 5.56 Å². The maximum Gasteiger partial charge on any atom is 0.299 e. The third-order valence-corrected chi connectivity index (χ3v) is 4.65. The minimum absolute atomic E-state index is 0.0394. The summed E-state index contributed by atoms with van der Waals surface area (Å²) in [6.45, 7) is 1.68. The van der Waals surface area contributed by atoms with E-state index in [9.17, 15) is 13.2 Å². The largest absolute Gasteiger partial charge is 0.299 e. The number of hydrogen-bond acceptors (Lipinski definition) is 6. The zero-order chi connectivity index (χ0) is 19.6. The molecule has 0 aliphatic carbocycles. The number of azo groups is 1. The number of rotatable bonds is 4. The van der Waals surface area contributed by atoms with Crippen LogP contribution in [0.1, 0.15) is 11.3 Å². The van der Waals surface area contributed by atoms with Crippen molar-refractivity contribution < 1.29 is 8.42 Å². The molecule has 0 bridgehead atoms. The topological polar surface area (TPSA) is 146 Å². The fourth-order valence-corrected chi connectivity index (χ4v) is 2.85. The lowest BCUT2D eigenvalue weighted by molar-refractivity contribution is 0.598. The number of primary sulfonamides is 1. The van der Waals surface area contributed by atoms with Crippen molar-refractivity contribution in [2.75, 3.05) is 0 Å². The van der Waals surface area contributed by atoms with Gasteiger partial charge in [0.2, 0.25) is 10.0 Å². The van der Waals surface area contributed by atoms with Crippen molar-refractivity contribution in [2.24, 2.45) is 15.4 Å². The van der Waals surface area contributed by atoms with Crippen LogP contribution < -0.4 is 10.7 Å². The molecule has 3 rings (SSSR count). The molecule has 0 saturated heterocycles. The van der Waals surface area contributed by atoms with Gasteiger partial charge in [-0.15, -0.1) is 5.11 Å². The molecule has 0 saturated carbocycles. The molecule has 136 valence electrons. The molecule has 0 fully saturated rings. The summed E-state index contributed by atoms with van der Waals surface area (Å²) in [5, 5.41) is 24.7. The Kier molecular flexibility index (Phi) is 4.72. The highest BCUT2D eigenvalue weighted by molar-refractivity contribution is 7.89. The molecule has 0 atom stereocenters. The molecular formula is C17H14N6O3S. The van der Waals surface area contributed by atoms with Crippen molar-refractivity contribution in [3.05, 3.63) is 70.1 Å². The van der Waals surface area contributed by atoms with Crippen molar-refractivity contribution in [1.82, 2.24) is 9.78 Å². The predicted molar refractivity (Wildman–Crippen MR) is 97.8 cm³/mol. The van der Waals surface area contributed by atoms with Crippen LogP contribution in [-0.4, -0.2) is 18.2 Å². The normalized spacial score (nSPS) is 11.6. The molecule has 0 spiro atoms. The van der Waals surface area contributed by atoms with Crippen LogP contribution in [0, 0.1) is 18.3 Å². The Morgan fingerprint density at radius 3 is 2.26 bits per heavy atom. The highest BCUT2D eigenvalue weighted by Crippen LogP contribution is 2.20. The summed E-state index contributed by atoms with van der Waals surface area (Å²) in [6, 6.07) is 14.0. The zero-order valence-corrected chi connectivity index (χ0v) is 14.9. The molecule has 1 heterocycles. The maximum atomic E-state index is 12.6. The van der Waals surface area contributed by atoms with Crippen LogP contribution in [0.25, 0.3) is 5.69 Å². The van der Waals surface area contributed by atoms with Gasteiger partial charge in [0.1, 0.15) is 0 Å². The Hall–Kier alpha value is -3.55. The van der Waals surface area contributed by atoms with E-state index in [1.807, 2.05) is 6.07 Å². The molecule has 3 N–H and O–H groups in total. The van der Waals surface area contributed by atoms with Crippen molar-refractivity contribution in [1.29, 1.82) is 5.26 Å². The Bertz CT molecular complexity index is 1210. The molecular weight excluding hydrogens is 368 g/mol. The Morgan fingerprint density at radius 1 is 1.07 bits per heavy atom. The van der Waals surface area contributed by atoms with E-state index >= 15 is 0 Å². The molecule has 2 aromatic carbocycles. The van der Waals surface area contributed by atoms with Crippen LogP contribution in [0.3, 0.4) is 0 Å². The number of nitrogens with zero attached hydrogens (tertiary/aromatic N) is 4. The van der Waals surface area contributed by atoms with Gasteiger partial charge < -0.3 is 0 Å². The number of benzene rings is 2. The van der Waals surface area contributed by atoms with E-state index in [1.165, 1.54) is 28.9 Å². The van der Waals surface area contributed by atoms with E-state index in [0.29, 0.717) is 22.6 Å². The Morgan fingerprint density at radius 2 is 1.70 bits per heavy atom. The first kappa shape index (κ1) is 18.2. The summed E-state index contributed by atoms with van der Waals surface area (Å²) in [4.78, 5) is 12.5. The fraction of sp³-hybridized carbons (Fsp3) is 0.0588. The average Bonchev–Trinajstić information content (AvgIpc) is 2.93. The van der Waals surface area contributed by atoms with Gasteiger partial charge in [-0.1, -0.05) is 0 Å². The number of nitrogens with one attached hydrogen (secondary N) is 1. The molecule has 0 radical (unpaired) electrons. The number of H-pyrrole nitrogens is 1. The first-order chi connectivity index (χ1) is 12.8. The van der Waals surface area contributed by atoms with Crippen LogP contribution in [0.15, 0.2) is 68.4 Å². The van der Waals surface area contributed by atoms with Gasteiger partial charge in [-0.3, -0.25) is 9.89 Å². The quantitative estimate of drug-likeness (QED) is 0.667. The van der Waals surface area contributed by atoms with Crippen molar-refractivity contribution in [2.45, 2.75) is 11.8 Å². The third kappa shape index (κ3) is 3.84. The van der Waals surface area contributed by atoms with Gasteiger partial charge in [-0.2, -0.15) is 10.4 Å². The van der Waals surface area contributed by atoms with Gasteiger partial charge >= 0.3 is 0 Å². The molecule has 3 aromatic rings. The second-order valence-electron chi connectivity index (χ2n) is 5.62. The van der Waals surface area contributed by atoms with Crippen LogP contribution >= 0.6 is 0 Å². The smallest absolute Gasteiger partial charge is 0.293 e. The van der Waals surface area contributed by atoms with Gasteiger partial charge in [-0.25, -0.2) is 18.2 Å². The minimum atomic E-state index is -3.78. The van der Waals surface area contributed by atoms with Crippen LogP contribution in [0.5, 0.6) is 0 Å². The van der Waals surface area contributed by atoms with Crippen LogP contribution in [0.4, 0.5) is 11.4 Å². The molecule has 0 unspecified atom stereocenters. The third-order valence-electron chi connectivity index (χ3n) is 3.73. The van der Waals surface area contributed by atoms with E-state index in [1.54, 1.807) is 31.2 Å². The van der Waals surface area contributed by atoms with Gasteiger partial charge in [0.05, 0.1) is 33.6 Å². The molecule has 27 heavy (non-hydrogen) atoms. The van der Waals surface area contributed by atoms with E-state index < -0.39 is 15.6 Å². The zero-order valence-electron chi connectivity index (χ0n) is 14.1. The molecule has 1 aromatic heterocycles. The summed E-state index contributed by atoms with van der Waals surface area (Å²) >= 11 is 0. The second-order valence-corrected chi connectivity index (χ2v) is 7.18. The highest BCUT2D eigenvalue weighted by atomic mass is 32.2. The lowest BCUT2D eigenvalue weighted by Crippen LogP contribution is -2.13. The number of aryl methyl sites for hydroxylation is 1. The summed E-state index contributed by atoms with van der Waals surface area (Å²) in [5.41, 5.74) is 1.64. The first-order valence-electron chi connectivity index (χ1n) is 7.66. The number of sulfonamides is 1. The second kappa shape index (κ2) is 6.99. The Labute approximate surface area is 154 Å². The number of aromatic nitrogens is 2. The van der Waals surface area contributed by atoms with Crippen LogP contribution in [-0.2, 0) is 10.0 Å². The van der Waals surface area contributed by atoms with Crippen molar-refractivity contribution in [3.8, 4) is 11.8 Å².